The van der Waals surface area contributed by atoms with E-state index in [2.05, 4.69) is 19.2 Å². The Balaban J connectivity index is 1.87. The van der Waals surface area contributed by atoms with Gasteiger partial charge in [0.15, 0.2) is 0 Å². The number of hydrogen-bond acceptors (Lipinski definition) is 3. The van der Waals surface area contributed by atoms with Crippen LogP contribution in [0.4, 0.5) is 0 Å². The SMILES string of the molecule is COCC(=O)NC1CCN(C(=O)c2ccc(C(C)C)cc2)CC1. The van der Waals surface area contributed by atoms with Crippen LogP contribution in [0.2, 0.25) is 0 Å². The number of nitrogens with one attached hydrogen (secondary N) is 1. The Morgan fingerprint density at radius 3 is 2.35 bits per heavy atom. The number of carbonyl (C=O) groups excluding carboxylic acids is 2. The number of nitrogens with zero attached hydrogens (tertiary/aromatic N) is 1. The number of benzene rings is 1. The van der Waals surface area contributed by atoms with Gasteiger partial charge in [0.2, 0.25) is 5.91 Å². The molecule has 1 aromatic carbocycles. The van der Waals surface area contributed by atoms with Gasteiger partial charge in [0.1, 0.15) is 6.61 Å². The molecule has 0 aromatic heterocycles. The maximum Gasteiger partial charge on any atom is 0.253 e. The fraction of sp³-hybridized carbons (Fsp3) is 0.556. The number of ether oxygens (including phenoxy) is 1. The second-order valence-electron chi connectivity index (χ2n) is 6.34. The highest BCUT2D eigenvalue weighted by Gasteiger charge is 2.24. The van der Waals surface area contributed by atoms with Crippen LogP contribution in [0.3, 0.4) is 0 Å². The summed E-state index contributed by atoms with van der Waals surface area (Å²) >= 11 is 0. The molecule has 0 aliphatic carbocycles. The van der Waals surface area contributed by atoms with Crippen LogP contribution in [0, 0.1) is 0 Å². The van der Waals surface area contributed by atoms with Crippen LogP contribution >= 0.6 is 0 Å². The molecule has 126 valence electrons. The van der Waals surface area contributed by atoms with Crippen LogP contribution in [0.15, 0.2) is 24.3 Å². The molecule has 1 N–H and O–H groups in total. The highest BCUT2D eigenvalue weighted by Crippen LogP contribution is 2.18. The summed E-state index contributed by atoms with van der Waals surface area (Å²) < 4.78 is 4.81. The Hall–Kier alpha value is -1.88. The minimum absolute atomic E-state index is 0.0713. The Labute approximate surface area is 138 Å². The first-order valence-corrected chi connectivity index (χ1v) is 8.18. The monoisotopic (exact) mass is 318 g/mol. The van der Waals surface area contributed by atoms with Gasteiger partial charge >= 0.3 is 0 Å². The van der Waals surface area contributed by atoms with Crippen molar-refractivity contribution in [2.75, 3.05) is 26.8 Å². The van der Waals surface area contributed by atoms with Crippen LogP contribution in [0.1, 0.15) is 48.5 Å². The van der Waals surface area contributed by atoms with Gasteiger partial charge in [-0.25, -0.2) is 0 Å². The van der Waals surface area contributed by atoms with Crippen LogP contribution in [0.5, 0.6) is 0 Å². The first kappa shape index (κ1) is 17.5. The van der Waals surface area contributed by atoms with Gasteiger partial charge < -0.3 is 15.0 Å². The molecular formula is C18H26N2O3. The van der Waals surface area contributed by atoms with Gasteiger partial charge in [-0.1, -0.05) is 26.0 Å². The summed E-state index contributed by atoms with van der Waals surface area (Å²) in [5, 5.41) is 2.94. The lowest BCUT2D eigenvalue weighted by Crippen LogP contribution is -2.47. The van der Waals surface area contributed by atoms with Crippen molar-refractivity contribution in [1.29, 1.82) is 0 Å². The standard InChI is InChI=1S/C18H26N2O3/c1-13(2)14-4-6-15(7-5-14)18(22)20-10-8-16(9-11-20)19-17(21)12-23-3/h4-7,13,16H,8-12H2,1-3H3,(H,19,21). The van der Waals surface area contributed by atoms with Gasteiger partial charge in [0, 0.05) is 31.8 Å². The summed E-state index contributed by atoms with van der Waals surface area (Å²) in [6.07, 6.45) is 1.57. The minimum atomic E-state index is -0.0958. The van der Waals surface area contributed by atoms with E-state index < -0.39 is 0 Å². The van der Waals surface area contributed by atoms with E-state index in [1.54, 1.807) is 0 Å². The molecule has 0 radical (unpaired) electrons. The second kappa shape index (κ2) is 8.11. The van der Waals surface area contributed by atoms with E-state index in [-0.39, 0.29) is 24.5 Å². The number of rotatable bonds is 5. The zero-order valence-corrected chi connectivity index (χ0v) is 14.2. The molecule has 2 amide bonds. The molecule has 0 bridgehead atoms. The Kier molecular flexibility index (Phi) is 6.16. The van der Waals surface area contributed by atoms with Gasteiger partial charge in [-0.2, -0.15) is 0 Å². The van der Waals surface area contributed by atoms with E-state index in [0.717, 1.165) is 18.4 Å². The first-order valence-electron chi connectivity index (χ1n) is 8.18. The minimum Gasteiger partial charge on any atom is -0.375 e. The number of hydrogen-bond donors (Lipinski definition) is 1. The lowest BCUT2D eigenvalue weighted by Gasteiger charge is -2.32. The number of amides is 2. The third kappa shape index (κ3) is 4.79. The fourth-order valence-corrected chi connectivity index (χ4v) is 2.82. The molecule has 1 aliphatic heterocycles. The van der Waals surface area contributed by atoms with Gasteiger partial charge in [0.25, 0.3) is 5.91 Å². The maximum absolute atomic E-state index is 12.5. The van der Waals surface area contributed by atoms with Gasteiger partial charge in [-0.3, -0.25) is 9.59 Å². The molecule has 0 atom stereocenters. The lowest BCUT2D eigenvalue weighted by atomic mass is 10.0. The highest BCUT2D eigenvalue weighted by atomic mass is 16.5. The number of piperidine rings is 1. The van der Waals surface area contributed by atoms with E-state index >= 15 is 0 Å². The molecule has 23 heavy (non-hydrogen) atoms. The zero-order valence-electron chi connectivity index (χ0n) is 14.2. The second-order valence-corrected chi connectivity index (χ2v) is 6.34. The number of likely N-dealkylation sites (tertiary alicyclic amines) is 1. The summed E-state index contributed by atoms with van der Waals surface area (Å²) in [6.45, 7) is 5.70. The number of methoxy groups -OCH3 is 1. The average molecular weight is 318 g/mol. The van der Waals surface area contributed by atoms with E-state index in [4.69, 9.17) is 4.74 Å². The maximum atomic E-state index is 12.5. The summed E-state index contributed by atoms with van der Waals surface area (Å²) in [4.78, 5) is 25.9. The largest absolute Gasteiger partial charge is 0.375 e. The van der Waals surface area contributed by atoms with E-state index in [1.165, 1.54) is 12.7 Å². The van der Waals surface area contributed by atoms with Crippen molar-refractivity contribution in [2.45, 2.75) is 38.6 Å². The van der Waals surface area contributed by atoms with Crippen molar-refractivity contribution in [3.05, 3.63) is 35.4 Å². The van der Waals surface area contributed by atoms with Crippen LogP contribution in [-0.4, -0.2) is 49.6 Å². The van der Waals surface area contributed by atoms with Crippen molar-refractivity contribution >= 4 is 11.8 Å². The molecule has 5 nitrogen and oxygen atoms in total. The molecule has 5 heteroatoms. The summed E-state index contributed by atoms with van der Waals surface area (Å²) in [7, 11) is 1.51. The smallest absolute Gasteiger partial charge is 0.253 e. The molecule has 1 aromatic rings. The quantitative estimate of drug-likeness (QED) is 0.905. The normalized spacial score (nSPS) is 15.7. The summed E-state index contributed by atoms with van der Waals surface area (Å²) in [5.74, 6) is 0.439. The molecule has 0 saturated carbocycles. The van der Waals surface area contributed by atoms with Crippen molar-refractivity contribution in [1.82, 2.24) is 10.2 Å². The van der Waals surface area contributed by atoms with E-state index in [9.17, 15) is 9.59 Å². The predicted molar refractivity (Wildman–Crippen MR) is 89.5 cm³/mol. The Morgan fingerprint density at radius 2 is 1.83 bits per heavy atom. The summed E-state index contributed by atoms with van der Waals surface area (Å²) in [5.41, 5.74) is 1.97. The van der Waals surface area contributed by atoms with Crippen molar-refractivity contribution in [3.63, 3.8) is 0 Å². The highest BCUT2D eigenvalue weighted by molar-refractivity contribution is 5.94. The molecule has 1 fully saturated rings. The van der Waals surface area contributed by atoms with Crippen LogP contribution < -0.4 is 5.32 Å². The molecular weight excluding hydrogens is 292 g/mol. The molecule has 0 spiro atoms. The fourth-order valence-electron chi connectivity index (χ4n) is 2.82. The van der Waals surface area contributed by atoms with E-state index in [0.29, 0.717) is 19.0 Å². The van der Waals surface area contributed by atoms with Crippen molar-refractivity contribution in [3.8, 4) is 0 Å². The summed E-state index contributed by atoms with van der Waals surface area (Å²) in [6, 6.07) is 7.99. The van der Waals surface area contributed by atoms with Gasteiger partial charge in [-0.15, -0.1) is 0 Å². The van der Waals surface area contributed by atoms with Crippen LogP contribution in [0.25, 0.3) is 0 Å². The topological polar surface area (TPSA) is 58.6 Å². The van der Waals surface area contributed by atoms with Crippen molar-refractivity contribution in [2.24, 2.45) is 0 Å². The van der Waals surface area contributed by atoms with E-state index in [1.807, 2.05) is 29.2 Å². The van der Waals surface area contributed by atoms with Crippen LogP contribution in [-0.2, 0) is 9.53 Å². The predicted octanol–water partition coefficient (Wildman–Crippen LogP) is 2.18. The Morgan fingerprint density at radius 1 is 1.22 bits per heavy atom. The third-order valence-corrected chi connectivity index (χ3v) is 4.25. The van der Waals surface area contributed by atoms with Crippen molar-refractivity contribution < 1.29 is 14.3 Å². The molecule has 1 aliphatic rings. The van der Waals surface area contributed by atoms with Gasteiger partial charge in [0.05, 0.1) is 0 Å². The average Bonchev–Trinajstić information content (AvgIpc) is 2.55. The zero-order chi connectivity index (χ0) is 16.8. The lowest BCUT2D eigenvalue weighted by molar-refractivity contribution is -0.125. The molecule has 1 saturated heterocycles. The van der Waals surface area contributed by atoms with Gasteiger partial charge in [-0.05, 0) is 36.5 Å². The molecule has 2 rings (SSSR count). The number of carbonyl (C=O) groups is 2. The Bertz CT molecular complexity index is 532. The third-order valence-electron chi connectivity index (χ3n) is 4.25. The molecule has 1 heterocycles. The first-order chi connectivity index (χ1) is 11.0. The molecule has 0 unspecified atom stereocenters.